The number of benzene rings is 3. The first-order chi connectivity index (χ1) is 13.9. The molecule has 4 rings (SSSR count). The van der Waals surface area contributed by atoms with Gasteiger partial charge in [-0.05, 0) is 37.3 Å². The van der Waals surface area contributed by atoms with Crippen molar-refractivity contribution >= 4 is 40.1 Å². The van der Waals surface area contributed by atoms with E-state index in [-0.39, 0.29) is 22.1 Å². The molecule has 144 valence electrons. The first-order valence-electron chi connectivity index (χ1n) is 8.74. The zero-order valence-electron chi connectivity index (χ0n) is 15.2. The summed E-state index contributed by atoms with van der Waals surface area (Å²) in [7, 11) is 0. The van der Waals surface area contributed by atoms with Gasteiger partial charge >= 0.3 is 5.97 Å². The van der Waals surface area contributed by atoms with Gasteiger partial charge in [-0.3, -0.25) is 4.79 Å². The smallest absolute Gasteiger partial charge is 0.345 e. The van der Waals surface area contributed by atoms with Crippen LogP contribution in [0.4, 0.5) is 0 Å². The molecule has 0 spiro atoms. The van der Waals surface area contributed by atoms with Crippen molar-refractivity contribution in [2.75, 3.05) is 0 Å². The Morgan fingerprint density at radius 1 is 0.966 bits per heavy atom. The molecule has 1 heterocycles. The van der Waals surface area contributed by atoms with E-state index >= 15 is 0 Å². The summed E-state index contributed by atoms with van der Waals surface area (Å²) in [6.07, 6.45) is 0. The van der Waals surface area contributed by atoms with Crippen LogP contribution in [0.25, 0.3) is 22.3 Å². The second-order valence-electron chi connectivity index (χ2n) is 6.47. The average molecular weight is 425 g/mol. The molecule has 1 aromatic heterocycles. The van der Waals surface area contributed by atoms with Crippen LogP contribution in [0.1, 0.15) is 15.9 Å². The molecule has 4 aromatic rings. The Morgan fingerprint density at radius 3 is 2.41 bits per heavy atom. The summed E-state index contributed by atoms with van der Waals surface area (Å²) in [5.74, 6) is -0.793. The van der Waals surface area contributed by atoms with Crippen molar-refractivity contribution in [3.05, 3.63) is 98.1 Å². The third-order valence-corrected chi connectivity index (χ3v) is 4.96. The minimum Gasteiger partial charge on any atom is -0.452 e. The summed E-state index contributed by atoms with van der Waals surface area (Å²) in [4.78, 5) is 25.8. The number of carbonyl (C=O) groups is 1. The number of ether oxygens (including phenoxy) is 1. The number of para-hydroxylation sites is 1. The van der Waals surface area contributed by atoms with Crippen molar-refractivity contribution < 1.29 is 13.9 Å². The van der Waals surface area contributed by atoms with Gasteiger partial charge in [-0.1, -0.05) is 65.2 Å². The van der Waals surface area contributed by atoms with E-state index in [4.69, 9.17) is 32.4 Å². The Labute approximate surface area is 176 Å². The number of hydrogen-bond donors (Lipinski definition) is 0. The number of hydrogen-bond acceptors (Lipinski definition) is 4. The highest BCUT2D eigenvalue weighted by Gasteiger charge is 2.22. The molecule has 0 saturated carbocycles. The van der Waals surface area contributed by atoms with Crippen LogP contribution in [-0.4, -0.2) is 5.97 Å². The first-order valence-corrected chi connectivity index (χ1v) is 9.50. The first kappa shape index (κ1) is 19.2. The highest BCUT2D eigenvalue weighted by atomic mass is 35.5. The Morgan fingerprint density at radius 2 is 1.69 bits per heavy atom. The lowest BCUT2D eigenvalue weighted by molar-refractivity contribution is 0.0731. The largest absolute Gasteiger partial charge is 0.452 e. The average Bonchev–Trinajstić information content (AvgIpc) is 2.70. The van der Waals surface area contributed by atoms with Gasteiger partial charge in [-0.25, -0.2) is 4.79 Å². The summed E-state index contributed by atoms with van der Waals surface area (Å²) in [6, 6.07) is 18.6. The highest BCUT2D eigenvalue weighted by Crippen LogP contribution is 2.32. The molecule has 0 aliphatic heterocycles. The maximum Gasteiger partial charge on any atom is 0.345 e. The van der Waals surface area contributed by atoms with Gasteiger partial charge < -0.3 is 9.15 Å². The van der Waals surface area contributed by atoms with E-state index in [0.29, 0.717) is 21.6 Å². The molecule has 29 heavy (non-hydrogen) atoms. The van der Waals surface area contributed by atoms with E-state index in [9.17, 15) is 9.59 Å². The maximum absolute atomic E-state index is 13.1. The Bertz CT molecular complexity index is 1290. The number of rotatable bonds is 3. The summed E-state index contributed by atoms with van der Waals surface area (Å²) < 4.78 is 11.5. The SMILES string of the molecule is Cc1ccc(-c2oc3ccccc3c(=O)c2OC(=O)c2ccc(Cl)cc2Cl)cc1. The molecule has 0 saturated heterocycles. The summed E-state index contributed by atoms with van der Waals surface area (Å²) in [6.45, 7) is 1.95. The minimum absolute atomic E-state index is 0.0958. The van der Waals surface area contributed by atoms with Crippen molar-refractivity contribution in [2.45, 2.75) is 6.92 Å². The highest BCUT2D eigenvalue weighted by molar-refractivity contribution is 6.36. The predicted octanol–water partition coefficient (Wildman–Crippen LogP) is 6.29. The van der Waals surface area contributed by atoms with Crippen LogP contribution in [0.5, 0.6) is 5.75 Å². The summed E-state index contributed by atoms with van der Waals surface area (Å²) in [5, 5.41) is 0.829. The van der Waals surface area contributed by atoms with Crippen LogP contribution in [-0.2, 0) is 0 Å². The second-order valence-corrected chi connectivity index (χ2v) is 7.31. The number of fused-ring (bicyclic) bond motifs is 1. The van der Waals surface area contributed by atoms with E-state index in [1.54, 1.807) is 36.4 Å². The standard InChI is InChI=1S/C23H14Cl2O4/c1-13-6-8-14(9-7-13)21-22(20(26)17-4-2-3-5-19(17)28-21)29-23(27)16-11-10-15(24)12-18(16)25/h2-12H,1H3. The van der Waals surface area contributed by atoms with Gasteiger partial charge in [0.25, 0.3) is 0 Å². The van der Waals surface area contributed by atoms with Gasteiger partial charge in [-0.15, -0.1) is 0 Å². The molecule has 0 amide bonds. The molecular weight excluding hydrogens is 411 g/mol. The lowest BCUT2D eigenvalue weighted by Crippen LogP contribution is -2.16. The minimum atomic E-state index is -0.775. The van der Waals surface area contributed by atoms with Crippen LogP contribution in [0.2, 0.25) is 10.0 Å². The van der Waals surface area contributed by atoms with Crippen molar-refractivity contribution in [2.24, 2.45) is 0 Å². The normalized spacial score (nSPS) is 10.9. The molecule has 0 aliphatic carbocycles. The Kier molecular flexibility index (Phi) is 5.14. The number of halogens is 2. The third kappa shape index (κ3) is 3.77. The van der Waals surface area contributed by atoms with E-state index in [0.717, 1.165) is 5.56 Å². The van der Waals surface area contributed by atoms with Crippen LogP contribution < -0.4 is 10.2 Å². The van der Waals surface area contributed by atoms with E-state index < -0.39 is 11.4 Å². The third-order valence-electron chi connectivity index (χ3n) is 4.42. The van der Waals surface area contributed by atoms with E-state index in [1.807, 2.05) is 19.1 Å². The predicted molar refractivity (Wildman–Crippen MR) is 114 cm³/mol. The van der Waals surface area contributed by atoms with Gasteiger partial charge in [0.15, 0.2) is 5.76 Å². The summed E-state index contributed by atoms with van der Waals surface area (Å²) >= 11 is 12.0. The lowest BCUT2D eigenvalue weighted by atomic mass is 10.1. The maximum atomic E-state index is 13.1. The quantitative estimate of drug-likeness (QED) is 0.362. The molecule has 0 fully saturated rings. The van der Waals surface area contributed by atoms with E-state index in [2.05, 4.69) is 0 Å². The van der Waals surface area contributed by atoms with Gasteiger partial charge in [0.2, 0.25) is 11.2 Å². The molecule has 0 bridgehead atoms. The topological polar surface area (TPSA) is 56.5 Å². The van der Waals surface area contributed by atoms with Crippen LogP contribution >= 0.6 is 23.2 Å². The molecule has 4 nitrogen and oxygen atoms in total. The van der Waals surface area contributed by atoms with Gasteiger partial charge in [0.05, 0.1) is 16.0 Å². The fraction of sp³-hybridized carbons (Fsp3) is 0.0435. The van der Waals surface area contributed by atoms with Crippen LogP contribution in [0, 0.1) is 6.92 Å². The zero-order chi connectivity index (χ0) is 20.5. The second kappa shape index (κ2) is 7.74. The molecule has 0 aliphatic rings. The van der Waals surface area contributed by atoms with Gasteiger partial charge in [0, 0.05) is 10.6 Å². The molecule has 0 N–H and O–H groups in total. The van der Waals surface area contributed by atoms with Gasteiger partial charge in [-0.2, -0.15) is 0 Å². The number of aryl methyl sites for hydroxylation is 1. The van der Waals surface area contributed by atoms with Crippen LogP contribution in [0.15, 0.2) is 75.9 Å². The number of esters is 1. The molecule has 0 unspecified atom stereocenters. The van der Waals surface area contributed by atoms with Crippen molar-refractivity contribution in [1.82, 2.24) is 0 Å². The molecule has 0 atom stereocenters. The lowest BCUT2D eigenvalue weighted by Gasteiger charge is -2.11. The molecule has 6 heteroatoms. The van der Waals surface area contributed by atoms with Crippen molar-refractivity contribution in [3.63, 3.8) is 0 Å². The zero-order valence-corrected chi connectivity index (χ0v) is 16.8. The summed E-state index contributed by atoms with van der Waals surface area (Å²) in [5.41, 5.74) is 1.71. The Hall–Kier alpha value is -3.08. The number of carbonyl (C=O) groups excluding carboxylic acids is 1. The fourth-order valence-electron chi connectivity index (χ4n) is 2.92. The van der Waals surface area contributed by atoms with Crippen LogP contribution in [0.3, 0.4) is 0 Å². The van der Waals surface area contributed by atoms with E-state index in [1.165, 1.54) is 18.2 Å². The van der Waals surface area contributed by atoms with Gasteiger partial charge in [0.1, 0.15) is 5.58 Å². The molecule has 0 radical (unpaired) electrons. The Balaban J connectivity index is 1.88. The monoisotopic (exact) mass is 424 g/mol. The fourth-order valence-corrected chi connectivity index (χ4v) is 3.40. The molecular formula is C23H14Cl2O4. The molecule has 3 aromatic carbocycles. The van der Waals surface area contributed by atoms with Crippen molar-refractivity contribution in [3.8, 4) is 17.1 Å². The van der Waals surface area contributed by atoms with Crippen molar-refractivity contribution in [1.29, 1.82) is 0 Å².